The summed E-state index contributed by atoms with van der Waals surface area (Å²) < 4.78 is 33.6. The van der Waals surface area contributed by atoms with E-state index in [1.54, 1.807) is 24.3 Å². The zero-order chi connectivity index (χ0) is 28.3. The Morgan fingerprint density at radius 3 is 2.66 bits per heavy atom. The van der Waals surface area contributed by atoms with E-state index in [1.807, 2.05) is 18.2 Å². The van der Waals surface area contributed by atoms with Crippen LogP contribution in [0.15, 0.2) is 54.6 Å². The van der Waals surface area contributed by atoms with Crippen molar-refractivity contribution in [2.75, 3.05) is 19.7 Å². The fraction of sp³-hybridized carbons (Fsp3) is 0.367. The van der Waals surface area contributed by atoms with Crippen LogP contribution in [0.5, 0.6) is 11.6 Å². The Hall–Kier alpha value is -3.73. The van der Waals surface area contributed by atoms with Gasteiger partial charge in [0.1, 0.15) is 18.5 Å². The SMILES string of the molecule is O=C(O)c1ccc2nc(CN3CCC(Oc4cccc(COc5ccc(Cl)cc5F)n4)CC3)n(CC3CCO3)c2c1. The number of imidazole rings is 1. The third-order valence-corrected chi connectivity index (χ3v) is 7.73. The Balaban J connectivity index is 1.06. The van der Waals surface area contributed by atoms with E-state index in [4.69, 9.17) is 30.8 Å². The van der Waals surface area contributed by atoms with Crippen molar-refractivity contribution in [1.82, 2.24) is 19.4 Å². The Bertz CT molecular complexity index is 1550. The number of rotatable bonds is 10. The van der Waals surface area contributed by atoms with E-state index in [0.717, 1.165) is 55.8 Å². The van der Waals surface area contributed by atoms with E-state index in [-0.39, 0.29) is 30.1 Å². The molecular formula is C30H30ClFN4O5. The molecule has 2 saturated heterocycles. The molecule has 0 saturated carbocycles. The van der Waals surface area contributed by atoms with Crippen LogP contribution >= 0.6 is 11.6 Å². The zero-order valence-corrected chi connectivity index (χ0v) is 23.1. The average molecular weight is 581 g/mol. The summed E-state index contributed by atoms with van der Waals surface area (Å²) in [5.41, 5.74) is 2.49. The molecule has 4 heterocycles. The maximum atomic E-state index is 14.0. The molecule has 0 amide bonds. The quantitative estimate of drug-likeness (QED) is 0.269. The second kappa shape index (κ2) is 12.0. The predicted octanol–water partition coefficient (Wildman–Crippen LogP) is 5.33. The number of hydrogen-bond acceptors (Lipinski definition) is 7. The smallest absolute Gasteiger partial charge is 0.335 e. The number of ether oxygens (including phenoxy) is 3. The maximum Gasteiger partial charge on any atom is 0.335 e. The lowest BCUT2D eigenvalue weighted by atomic mass is 10.1. The van der Waals surface area contributed by atoms with Crippen molar-refractivity contribution >= 4 is 28.6 Å². The van der Waals surface area contributed by atoms with E-state index in [2.05, 4.69) is 14.5 Å². The van der Waals surface area contributed by atoms with Crippen molar-refractivity contribution in [2.24, 2.45) is 0 Å². The molecule has 2 aromatic carbocycles. The monoisotopic (exact) mass is 580 g/mol. The number of hydrogen-bond donors (Lipinski definition) is 1. The van der Waals surface area contributed by atoms with Gasteiger partial charge in [-0.05, 0) is 61.7 Å². The van der Waals surface area contributed by atoms with Crippen LogP contribution in [0, 0.1) is 5.82 Å². The molecule has 11 heteroatoms. The van der Waals surface area contributed by atoms with Crippen LogP contribution in [-0.4, -0.2) is 62.4 Å². The molecular weight excluding hydrogens is 551 g/mol. The minimum Gasteiger partial charge on any atom is -0.484 e. The van der Waals surface area contributed by atoms with Gasteiger partial charge in [0.15, 0.2) is 11.6 Å². The highest BCUT2D eigenvalue weighted by molar-refractivity contribution is 6.30. The number of aromatic nitrogens is 3. The highest BCUT2D eigenvalue weighted by Gasteiger charge is 2.26. The molecule has 4 aromatic rings. The van der Waals surface area contributed by atoms with E-state index in [9.17, 15) is 14.3 Å². The van der Waals surface area contributed by atoms with Gasteiger partial charge in [-0.2, -0.15) is 0 Å². The number of carbonyl (C=O) groups is 1. The molecule has 0 bridgehead atoms. The number of halogens is 2. The highest BCUT2D eigenvalue weighted by Crippen LogP contribution is 2.26. The van der Waals surface area contributed by atoms with Gasteiger partial charge in [-0.3, -0.25) is 4.90 Å². The highest BCUT2D eigenvalue weighted by atomic mass is 35.5. The van der Waals surface area contributed by atoms with Crippen molar-refractivity contribution in [3.05, 3.63) is 82.5 Å². The molecule has 1 N–H and O–H groups in total. The minimum atomic E-state index is -0.953. The molecule has 0 radical (unpaired) electrons. The Kier molecular flexibility index (Phi) is 8.04. The van der Waals surface area contributed by atoms with Gasteiger partial charge in [0.2, 0.25) is 5.88 Å². The fourth-order valence-corrected chi connectivity index (χ4v) is 5.32. The first-order valence-corrected chi connectivity index (χ1v) is 14.1. The van der Waals surface area contributed by atoms with Gasteiger partial charge in [0.25, 0.3) is 0 Å². The van der Waals surface area contributed by atoms with Crippen LogP contribution in [0.25, 0.3) is 11.0 Å². The van der Waals surface area contributed by atoms with Crippen LogP contribution in [0.2, 0.25) is 5.02 Å². The molecule has 41 heavy (non-hydrogen) atoms. The maximum absolute atomic E-state index is 14.0. The van der Waals surface area contributed by atoms with Gasteiger partial charge in [-0.25, -0.2) is 19.2 Å². The number of carboxylic acid groups (broad SMARTS) is 1. The van der Waals surface area contributed by atoms with Gasteiger partial charge in [-0.1, -0.05) is 17.7 Å². The summed E-state index contributed by atoms with van der Waals surface area (Å²) in [4.78, 5) is 23.3. The lowest BCUT2D eigenvalue weighted by Gasteiger charge is -2.32. The zero-order valence-electron chi connectivity index (χ0n) is 22.3. The lowest BCUT2D eigenvalue weighted by Crippen LogP contribution is -2.39. The third kappa shape index (κ3) is 6.45. The summed E-state index contributed by atoms with van der Waals surface area (Å²) in [5, 5.41) is 9.79. The summed E-state index contributed by atoms with van der Waals surface area (Å²) in [6.07, 6.45) is 2.78. The number of benzene rings is 2. The number of fused-ring (bicyclic) bond motifs is 1. The first-order chi connectivity index (χ1) is 19.9. The fourth-order valence-electron chi connectivity index (χ4n) is 5.17. The normalized spacial score (nSPS) is 17.9. The lowest BCUT2D eigenvalue weighted by molar-refractivity contribution is -0.0592. The number of pyridine rings is 1. The standard InChI is InChI=1S/C30H30ClFN4O5/c31-20-5-7-27(24(32)15-20)40-18-21-2-1-3-29(33-21)41-22-8-11-35(12-9-22)17-28-34-25-6-4-19(30(37)38)14-26(25)36(28)16-23-10-13-39-23/h1-7,14-15,22-23H,8-13,16-18H2,(H,37,38). The van der Waals surface area contributed by atoms with Crippen molar-refractivity contribution in [3.8, 4) is 11.6 Å². The van der Waals surface area contributed by atoms with Crippen LogP contribution in [0.3, 0.4) is 0 Å². The number of piperidine rings is 1. The number of nitrogens with zero attached hydrogens (tertiary/aromatic N) is 4. The van der Waals surface area contributed by atoms with Crippen LogP contribution in [0.1, 0.15) is 41.1 Å². The van der Waals surface area contributed by atoms with Crippen LogP contribution in [-0.2, 0) is 24.4 Å². The molecule has 214 valence electrons. The summed E-state index contributed by atoms with van der Waals surface area (Å²) >= 11 is 5.81. The largest absolute Gasteiger partial charge is 0.484 e. The Morgan fingerprint density at radius 1 is 1.10 bits per heavy atom. The summed E-state index contributed by atoms with van der Waals surface area (Å²) in [6.45, 7) is 3.83. The van der Waals surface area contributed by atoms with E-state index in [0.29, 0.717) is 29.7 Å². The molecule has 1 atom stereocenters. The Labute approximate surface area is 241 Å². The van der Waals surface area contributed by atoms with Crippen molar-refractivity contribution < 1.29 is 28.5 Å². The summed E-state index contributed by atoms with van der Waals surface area (Å²) in [6, 6.07) is 14.8. The molecule has 2 aliphatic heterocycles. The van der Waals surface area contributed by atoms with E-state index >= 15 is 0 Å². The second-order valence-corrected chi connectivity index (χ2v) is 10.8. The average Bonchev–Trinajstić information content (AvgIpc) is 3.27. The number of aromatic carboxylic acids is 1. The molecule has 2 fully saturated rings. The molecule has 0 aliphatic carbocycles. The van der Waals surface area contributed by atoms with Gasteiger partial charge in [0, 0.05) is 30.8 Å². The predicted molar refractivity (Wildman–Crippen MR) is 150 cm³/mol. The first kappa shape index (κ1) is 27.4. The van der Waals surface area contributed by atoms with Crippen molar-refractivity contribution in [1.29, 1.82) is 0 Å². The van der Waals surface area contributed by atoms with Crippen molar-refractivity contribution in [3.63, 3.8) is 0 Å². The molecule has 0 spiro atoms. The van der Waals surface area contributed by atoms with Crippen molar-refractivity contribution in [2.45, 2.75) is 51.2 Å². The van der Waals surface area contributed by atoms with Gasteiger partial charge in [0.05, 0.1) is 41.5 Å². The summed E-state index contributed by atoms with van der Waals surface area (Å²) in [7, 11) is 0. The molecule has 2 aromatic heterocycles. The first-order valence-electron chi connectivity index (χ1n) is 13.7. The van der Waals surface area contributed by atoms with Gasteiger partial charge in [-0.15, -0.1) is 0 Å². The van der Waals surface area contributed by atoms with Gasteiger partial charge < -0.3 is 23.9 Å². The minimum absolute atomic E-state index is 0.0175. The second-order valence-electron chi connectivity index (χ2n) is 10.4. The van der Waals surface area contributed by atoms with E-state index in [1.165, 1.54) is 12.1 Å². The molecule has 1 unspecified atom stereocenters. The third-order valence-electron chi connectivity index (χ3n) is 7.49. The van der Waals surface area contributed by atoms with E-state index < -0.39 is 11.8 Å². The topological polar surface area (TPSA) is 98.9 Å². The number of carboxylic acids is 1. The molecule has 9 nitrogen and oxygen atoms in total. The van der Waals surface area contributed by atoms with Gasteiger partial charge >= 0.3 is 5.97 Å². The number of likely N-dealkylation sites (tertiary alicyclic amines) is 1. The molecule has 6 rings (SSSR count). The Morgan fingerprint density at radius 2 is 1.93 bits per heavy atom. The van der Waals surface area contributed by atoms with Crippen LogP contribution < -0.4 is 9.47 Å². The summed E-state index contributed by atoms with van der Waals surface area (Å²) in [5.74, 6) is 0.0623. The molecule has 2 aliphatic rings. The van der Waals surface area contributed by atoms with Crippen LogP contribution in [0.4, 0.5) is 4.39 Å².